The van der Waals surface area contributed by atoms with Gasteiger partial charge >= 0.3 is 0 Å². The van der Waals surface area contributed by atoms with E-state index in [4.69, 9.17) is 10.5 Å². The van der Waals surface area contributed by atoms with Crippen molar-refractivity contribution in [3.05, 3.63) is 114 Å². The SMILES string of the molecule is N#Cc1ccc(-c2ccc(Cc3ccc(-c4ccc(C#N)cc4I)cc3)cc2)c(I)c1. The Bertz CT molecular complexity index is 1220. The zero-order chi connectivity index (χ0) is 21.8. The second kappa shape index (κ2) is 9.64. The summed E-state index contributed by atoms with van der Waals surface area (Å²) in [5.74, 6) is 0. The van der Waals surface area contributed by atoms with Gasteiger partial charge in [0.05, 0.1) is 23.3 Å². The Morgan fingerprint density at radius 3 is 1.26 bits per heavy atom. The predicted molar refractivity (Wildman–Crippen MR) is 141 cm³/mol. The molecule has 4 heteroatoms. The van der Waals surface area contributed by atoms with Crippen molar-refractivity contribution in [2.75, 3.05) is 0 Å². The number of benzene rings is 4. The van der Waals surface area contributed by atoms with Gasteiger partial charge in [0.25, 0.3) is 0 Å². The standard InChI is InChI=1S/C27H16I2N2/c28-26-14-20(16-30)5-11-24(26)22-7-1-18(2-8-22)13-19-3-9-23(10-4-19)25-12-6-21(17-31)15-27(25)29/h1-12,14-15H,13H2. The minimum Gasteiger partial charge on any atom is -0.192 e. The van der Waals surface area contributed by atoms with Crippen molar-refractivity contribution in [2.24, 2.45) is 0 Å². The molecule has 0 fully saturated rings. The number of halogens is 2. The van der Waals surface area contributed by atoms with Crippen molar-refractivity contribution in [2.45, 2.75) is 6.42 Å². The Morgan fingerprint density at radius 2 is 0.935 bits per heavy atom. The molecule has 0 N–H and O–H groups in total. The van der Waals surface area contributed by atoms with Gasteiger partial charge in [0.15, 0.2) is 0 Å². The van der Waals surface area contributed by atoms with Crippen molar-refractivity contribution in [3.8, 4) is 34.4 Å². The fraction of sp³-hybridized carbons (Fsp3) is 0.0370. The molecule has 0 heterocycles. The van der Waals surface area contributed by atoms with Crippen LogP contribution in [-0.4, -0.2) is 0 Å². The van der Waals surface area contributed by atoms with Crippen LogP contribution in [0.3, 0.4) is 0 Å². The highest BCUT2D eigenvalue weighted by molar-refractivity contribution is 14.1. The number of nitriles is 2. The summed E-state index contributed by atoms with van der Waals surface area (Å²) in [6, 6.07) is 33.2. The number of rotatable bonds is 4. The molecule has 0 aliphatic rings. The summed E-state index contributed by atoms with van der Waals surface area (Å²) in [6.07, 6.45) is 0.871. The van der Waals surface area contributed by atoms with E-state index in [1.807, 2.05) is 36.4 Å². The zero-order valence-corrected chi connectivity index (χ0v) is 20.8. The van der Waals surface area contributed by atoms with Crippen LogP contribution in [0.15, 0.2) is 84.9 Å². The van der Waals surface area contributed by atoms with E-state index in [9.17, 15) is 0 Å². The highest BCUT2D eigenvalue weighted by Gasteiger charge is 2.07. The first-order valence-electron chi connectivity index (χ1n) is 9.65. The van der Waals surface area contributed by atoms with Gasteiger partial charge in [-0.1, -0.05) is 60.7 Å². The molecule has 148 valence electrons. The molecule has 0 unspecified atom stereocenters. The van der Waals surface area contributed by atoms with E-state index in [0.717, 1.165) is 35.8 Å². The molecule has 4 aromatic rings. The van der Waals surface area contributed by atoms with Crippen LogP contribution in [0.2, 0.25) is 0 Å². The fourth-order valence-electron chi connectivity index (χ4n) is 3.48. The lowest BCUT2D eigenvalue weighted by Crippen LogP contribution is -1.91. The molecule has 0 aliphatic carbocycles. The Labute approximate surface area is 209 Å². The Balaban J connectivity index is 1.50. The largest absolute Gasteiger partial charge is 0.192 e. The van der Waals surface area contributed by atoms with E-state index < -0.39 is 0 Å². The van der Waals surface area contributed by atoms with E-state index in [2.05, 4.69) is 106 Å². The molecule has 2 nitrogen and oxygen atoms in total. The lowest BCUT2D eigenvalue weighted by molar-refractivity contribution is 1.19. The first-order chi connectivity index (χ1) is 15.1. The predicted octanol–water partition coefficient (Wildman–Crippen LogP) is 7.56. The van der Waals surface area contributed by atoms with Gasteiger partial charge in [0.2, 0.25) is 0 Å². The number of hydrogen-bond acceptors (Lipinski definition) is 2. The molecule has 0 saturated heterocycles. The molecule has 0 radical (unpaired) electrons. The average Bonchev–Trinajstić information content (AvgIpc) is 2.80. The molecule has 0 saturated carbocycles. The molecule has 4 rings (SSSR count). The quantitative estimate of drug-likeness (QED) is 0.221. The molecule has 31 heavy (non-hydrogen) atoms. The van der Waals surface area contributed by atoms with Crippen molar-refractivity contribution in [1.82, 2.24) is 0 Å². The Hall–Kier alpha value is -2.68. The maximum atomic E-state index is 9.05. The molecule has 0 atom stereocenters. The van der Waals surface area contributed by atoms with Gasteiger partial charge in [-0.05, 0) is 109 Å². The molecular formula is C27H16I2N2. The molecule has 0 bridgehead atoms. The summed E-state index contributed by atoms with van der Waals surface area (Å²) in [6.45, 7) is 0. The molecular weight excluding hydrogens is 606 g/mol. The topological polar surface area (TPSA) is 47.6 Å². The molecule has 0 aromatic heterocycles. The third kappa shape index (κ3) is 4.98. The van der Waals surface area contributed by atoms with Crippen LogP contribution in [0, 0.1) is 29.8 Å². The van der Waals surface area contributed by atoms with Gasteiger partial charge in [0.1, 0.15) is 0 Å². The monoisotopic (exact) mass is 622 g/mol. The fourth-order valence-corrected chi connectivity index (χ4v) is 5.13. The number of hydrogen-bond donors (Lipinski definition) is 0. The third-order valence-corrected chi connectivity index (χ3v) is 6.92. The molecule has 0 aliphatic heterocycles. The smallest absolute Gasteiger partial charge is 0.0991 e. The minimum absolute atomic E-state index is 0.684. The van der Waals surface area contributed by atoms with E-state index in [-0.39, 0.29) is 0 Å². The summed E-state index contributed by atoms with van der Waals surface area (Å²) in [4.78, 5) is 0. The van der Waals surface area contributed by atoms with Crippen LogP contribution >= 0.6 is 45.2 Å². The summed E-state index contributed by atoms with van der Waals surface area (Å²) in [5, 5.41) is 18.1. The number of nitrogens with zero attached hydrogens (tertiary/aromatic N) is 2. The highest BCUT2D eigenvalue weighted by Crippen LogP contribution is 2.28. The van der Waals surface area contributed by atoms with Gasteiger partial charge in [-0.25, -0.2) is 0 Å². The van der Waals surface area contributed by atoms with E-state index in [1.165, 1.54) is 11.1 Å². The molecule has 4 aromatic carbocycles. The van der Waals surface area contributed by atoms with E-state index >= 15 is 0 Å². The van der Waals surface area contributed by atoms with Crippen LogP contribution in [0.25, 0.3) is 22.3 Å². The lowest BCUT2D eigenvalue weighted by atomic mass is 9.98. The average molecular weight is 622 g/mol. The summed E-state index contributed by atoms with van der Waals surface area (Å²) in [7, 11) is 0. The van der Waals surface area contributed by atoms with Crippen LogP contribution in [-0.2, 0) is 6.42 Å². The van der Waals surface area contributed by atoms with E-state index in [1.54, 1.807) is 0 Å². The minimum atomic E-state index is 0.684. The Morgan fingerprint density at radius 1 is 0.548 bits per heavy atom. The van der Waals surface area contributed by atoms with Crippen molar-refractivity contribution in [3.63, 3.8) is 0 Å². The normalized spacial score (nSPS) is 10.3. The second-order valence-corrected chi connectivity index (χ2v) is 9.51. The van der Waals surface area contributed by atoms with Gasteiger partial charge in [-0.2, -0.15) is 10.5 Å². The van der Waals surface area contributed by atoms with Crippen LogP contribution in [0.5, 0.6) is 0 Å². The van der Waals surface area contributed by atoms with Gasteiger partial charge in [-0.3, -0.25) is 0 Å². The maximum Gasteiger partial charge on any atom is 0.0991 e. The highest BCUT2D eigenvalue weighted by atomic mass is 127. The van der Waals surface area contributed by atoms with Crippen molar-refractivity contribution < 1.29 is 0 Å². The van der Waals surface area contributed by atoms with Gasteiger partial charge < -0.3 is 0 Å². The first kappa shape index (κ1) is 21.5. The van der Waals surface area contributed by atoms with Crippen molar-refractivity contribution in [1.29, 1.82) is 10.5 Å². The molecule has 0 amide bonds. The van der Waals surface area contributed by atoms with Crippen LogP contribution in [0.4, 0.5) is 0 Å². The summed E-state index contributed by atoms with van der Waals surface area (Å²) < 4.78 is 2.16. The first-order valence-corrected chi connectivity index (χ1v) is 11.8. The van der Waals surface area contributed by atoms with Crippen molar-refractivity contribution >= 4 is 45.2 Å². The van der Waals surface area contributed by atoms with Crippen LogP contribution < -0.4 is 0 Å². The van der Waals surface area contributed by atoms with Gasteiger partial charge in [0, 0.05) is 7.14 Å². The van der Waals surface area contributed by atoms with E-state index in [0.29, 0.717) is 11.1 Å². The summed E-state index contributed by atoms with van der Waals surface area (Å²) >= 11 is 4.57. The summed E-state index contributed by atoms with van der Waals surface area (Å²) in [5.41, 5.74) is 8.49. The lowest BCUT2D eigenvalue weighted by Gasteiger charge is -2.09. The maximum absolute atomic E-state index is 9.05. The third-order valence-electron chi connectivity index (χ3n) is 5.13. The van der Waals surface area contributed by atoms with Crippen LogP contribution in [0.1, 0.15) is 22.3 Å². The second-order valence-electron chi connectivity index (χ2n) is 7.18. The molecule has 0 spiro atoms. The van der Waals surface area contributed by atoms with Gasteiger partial charge in [-0.15, -0.1) is 0 Å². The zero-order valence-electron chi connectivity index (χ0n) is 16.4. The Kier molecular flexibility index (Phi) is 6.70.